The Kier molecular flexibility index (Phi) is 5.48. The van der Waals surface area contributed by atoms with Gasteiger partial charge in [0.15, 0.2) is 11.5 Å². The first kappa shape index (κ1) is 15.7. The lowest BCUT2D eigenvalue weighted by molar-refractivity contribution is -0.131. The number of likely N-dealkylation sites (N-methyl/N-ethyl adjacent to an activating group) is 1. The van der Waals surface area contributed by atoms with Crippen LogP contribution in [-0.4, -0.2) is 38.1 Å². The first-order chi connectivity index (χ1) is 10.2. The van der Waals surface area contributed by atoms with Gasteiger partial charge in [-0.05, 0) is 30.5 Å². The number of nitrogens with zero attached hydrogens (tertiary/aromatic N) is 1. The molecule has 0 N–H and O–H groups in total. The van der Waals surface area contributed by atoms with E-state index < -0.39 is 0 Å². The fourth-order valence-corrected chi connectivity index (χ4v) is 2.96. The minimum atomic E-state index is 0.175. The summed E-state index contributed by atoms with van der Waals surface area (Å²) in [6.07, 6.45) is 6.45. The summed E-state index contributed by atoms with van der Waals surface area (Å²) < 4.78 is 10.5. The van der Waals surface area contributed by atoms with Crippen molar-refractivity contribution in [3.8, 4) is 11.5 Å². The van der Waals surface area contributed by atoms with Gasteiger partial charge in [0.25, 0.3) is 0 Å². The minimum absolute atomic E-state index is 0.175. The van der Waals surface area contributed by atoms with E-state index in [4.69, 9.17) is 9.47 Å². The summed E-state index contributed by atoms with van der Waals surface area (Å²) in [6, 6.07) is 6.06. The van der Waals surface area contributed by atoms with E-state index in [-0.39, 0.29) is 5.91 Å². The quantitative estimate of drug-likeness (QED) is 0.837. The molecular weight excluding hydrogens is 266 g/mol. The molecule has 1 amide bonds. The zero-order chi connectivity index (χ0) is 15.2. The molecule has 4 heteroatoms. The van der Waals surface area contributed by atoms with Crippen molar-refractivity contribution in [2.24, 2.45) is 0 Å². The van der Waals surface area contributed by atoms with Crippen LogP contribution in [0.4, 0.5) is 0 Å². The van der Waals surface area contributed by atoms with E-state index in [1.54, 1.807) is 14.2 Å². The SMILES string of the molecule is COc1ccc(CC(=O)N(C)C2CCCCC2)cc1OC. The molecule has 1 aliphatic carbocycles. The minimum Gasteiger partial charge on any atom is -0.493 e. The van der Waals surface area contributed by atoms with Crippen molar-refractivity contribution in [2.45, 2.75) is 44.6 Å². The summed E-state index contributed by atoms with van der Waals surface area (Å²) in [7, 11) is 5.15. The lowest BCUT2D eigenvalue weighted by Gasteiger charge is -2.31. The average molecular weight is 291 g/mol. The maximum absolute atomic E-state index is 12.4. The fraction of sp³-hybridized carbons (Fsp3) is 0.588. The van der Waals surface area contributed by atoms with Crippen LogP contribution in [0.15, 0.2) is 18.2 Å². The van der Waals surface area contributed by atoms with Crippen LogP contribution in [0.2, 0.25) is 0 Å². The van der Waals surface area contributed by atoms with Crippen LogP contribution in [-0.2, 0) is 11.2 Å². The highest BCUT2D eigenvalue weighted by molar-refractivity contribution is 5.79. The average Bonchev–Trinajstić information content (AvgIpc) is 2.54. The predicted molar refractivity (Wildman–Crippen MR) is 82.9 cm³/mol. The van der Waals surface area contributed by atoms with Gasteiger partial charge in [-0.1, -0.05) is 25.3 Å². The third-order valence-corrected chi connectivity index (χ3v) is 4.32. The Hall–Kier alpha value is -1.71. The maximum Gasteiger partial charge on any atom is 0.226 e. The molecule has 1 saturated carbocycles. The summed E-state index contributed by atoms with van der Waals surface area (Å²) in [6.45, 7) is 0. The second kappa shape index (κ2) is 7.34. The summed E-state index contributed by atoms with van der Waals surface area (Å²) in [4.78, 5) is 14.3. The molecule has 0 atom stereocenters. The number of hydrogen-bond donors (Lipinski definition) is 0. The molecule has 1 aromatic rings. The molecule has 0 radical (unpaired) electrons. The Labute approximate surface area is 127 Å². The molecule has 0 aromatic heterocycles. The van der Waals surface area contributed by atoms with Gasteiger partial charge >= 0.3 is 0 Å². The van der Waals surface area contributed by atoms with E-state index in [2.05, 4.69) is 0 Å². The van der Waals surface area contributed by atoms with Gasteiger partial charge in [0.1, 0.15) is 0 Å². The van der Waals surface area contributed by atoms with Crippen molar-refractivity contribution < 1.29 is 14.3 Å². The summed E-state index contributed by atoms with van der Waals surface area (Å²) in [5.41, 5.74) is 0.959. The molecule has 0 unspecified atom stereocenters. The summed E-state index contributed by atoms with van der Waals surface area (Å²) in [5.74, 6) is 1.53. The van der Waals surface area contributed by atoms with Crippen LogP contribution in [0.25, 0.3) is 0 Å². The Morgan fingerprint density at radius 2 is 1.81 bits per heavy atom. The highest BCUT2D eigenvalue weighted by Crippen LogP contribution is 2.28. The van der Waals surface area contributed by atoms with E-state index in [1.807, 2.05) is 30.1 Å². The van der Waals surface area contributed by atoms with Gasteiger partial charge in [0.05, 0.1) is 20.6 Å². The highest BCUT2D eigenvalue weighted by Gasteiger charge is 2.22. The van der Waals surface area contributed by atoms with Crippen LogP contribution in [0.3, 0.4) is 0 Å². The van der Waals surface area contributed by atoms with Crippen molar-refractivity contribution in [1.29, 1.82) is 0 Å². The van der Waals surface area contributed by atoms with Crippen LogP contribution in [0, 0.1) is 0 Å². The monoisotopic (exact) mass is 291 g/mol. The van der Waals surface area contributed by atoms with Gasteiger partial charge < -0.3 is 14.4 Å². The third kappa shape index (κ3) is 3.90. The first-order valence-corrected chi connectivity index (χ1v) is 7.62. The summed E-state index contributed by atoms with van der Waals surface area (Å²) >= 11 is 0. The van der Waals surface area contributed by atoms with E-state index in [0.717, 1.165) is 18.4 Å². The Morgan fingerprint density at radius 3 is 2.43 bits per heavy atom. The number of rotatable bonds is 5. The lowest BCUT2D eigenvalue weighted by Crippen LogP contribution is -2.39. The van der Waals surface area contributed by atoms with Crippen LogP contribution < -0.4 is 9.47 Å². The highest BCUT2D eigenvalue weighted by atomic mass is 16.5. The number of carbonyl (C=O) groups excluding carboxylic acids is 1. The van der Waals surface area contributed by atoms with Gasteiger partial charge in [-0.15, -0.1) is 0 Å². The van der Waals surface area contributed by atoms with Gasteiger partial charge in [0, 0.05) is 13.1 Å². The smallest absolute Gasteiger partial charge is 0.226 e. The predicted octanol–water partition coefficient (Wildman–Crippen LogP) is 3.04. The summed E-state index contributed by atoms with van der Waals surface area (Å²) in [5, 5.41) is 0. The first-order valence-electron chi connectivity index (χ1n) is 7.62. The Morgan fingerprint density at radius 1 is 1.14 bits per heavy atom. The number of methoxy groups -OCH3 is 2. The van der Waals surface area contributed by atoms with E-state index in [9.17, 15) is 4.79 Å². The zero-order valence-corrected chi connectivity index (χ0v) is 13.2. The molecule has 1 aromatic carbocycles. The standard InChI is InChI=1S/C17H25NO3/c1-18(14-7-5-4-6-8-14)17(19)12-13-9-10-15(20-2)16(11-13)21-3/h9-11,14H,4-8,12H2,1-3H3. The molecule has 0 saturated heterocycles. The van der Waals surface area contributed by atoms with Crippen LogP contribution in [0.5, 0.6) is 11.5 Å². The second-order valence-corrected chi connectivity index (χ2v) is 5.66. The van der Waals surface area contributed by atoms with E-state index >= 15 is 0 Å². The molecule has 0 bridgehead atoms. The van der Waals surface area contributed by atoms with Crippen molar-refractivity contribution in [3.63, 3.8) is 0 Å². The Balaban J connectivity index is 2.01. The van der Waals surface area contributed by atoms with Crippen molar-refractivity contribution in [3.05, 3.63) is 23.8 Å². The van der Waals surface area contributed by atoms with Gasteiger partial charge in [-0.25, -0.2) is 0 Å². The molecule has 1 aliphatic rings. The number of carbonyl (C=O) groups is 1. The topological polar surface area (TPSA) is 38.8 Å². The van der Waals surface area contributed by atoms with Crippen LogP contribution >= 0.6 is 0 Å². The third-order valence-electron chi connectivity index (χ3n) is 4.32. The van der Waals surface area contributed by atoms with Crippen molar-refractivity contribution in [1.82, 2.24) is 4.90 Å². The van der Waals surface area contributed by atoms with Crippen molar-refractivity contribution in [2.75, 3.05) is 21.3 Å². The molecule has 0 heterocycles. The normalized spacial score (nSPS) is 15.6. The number of benzene rings is 1. The van der Waals surface area contributed by atoms with E-state index in [1.165, 1.54) is 19.3 Å². The second-order valence-electron chi connectivity index (χ2n) is 5.66. The zero-order valence-electron chi connectivity index (χ0n) is 13.2. The molecule has 0 spiro atoms. The molecule has 1 fully saturated rings. The van der Waals surface area contributed by atoms with Gasteiger partial charge in [-0.3, -0.25) is 4.79 Å². The lowest BCUT2D eigenvalue weighted by atomic mass is 9.94. The van der Waals surface area contributed by atoms with Crippen molar-refractivity contribution >= 4 is 5.91 Å². The number of ether oxygens (including phenoxy) is 2. The Bertz CT molecular complexity index is 481. The molecule has 0 aliphatic heterocycles. The molecule has 4 nitrogen and oxygen atoms in total. The molecule has 116 valence electrons. The van der Waals surface area contributed by atoms with Gasteiger partial charge in [0.2, 0.25) is 5.91 Å². The number of hydrogen-bond acceptors (Lipinski definition) is 3. The maximum atomic E-state index is 12.4. The fourth-order valence-electron chi connectivity index (χ4n) is 2.96. The molecular formula is C17H25NO3. The van der Waals surface area contributed by atoms with Crippen LogP contribution in [0.1, 0.15) is 37.7 Å². The van der Waals surface area contributed by atoms with Gasteiger partial charge in [-0.2, -0.15) is 0 Å². The number of amides is 1. The van der Waals surface area contributed by atoms with E-state index in [0.29, 0.717) is 24.0 Å². The molecule has 21 heavy (non-hydrogen) atoms. The largest absolute Gasteiger partial charge is 0.493 e. The molecule has 2 rings (SSSR count).